The number of hydrogen-bond donors (Lipinski definition) is 1. The van der Waals surface area contributed by atoms with Crippen molar-refractivity contribution in [2.24, 2.45) is 5.73 Å². The monoisotopic (exact) mass is 223 g/mol. The number of benzene rings is 1. The van der Waals surface area contributed by atoms with Gasteiger partial charge in [-0.25, -0.2) is 0 Å². The van der Waals surface area contributed by atoms with Gasteiger partial charge in [0.15, 0.2) is 0 Å². The molecule has 0 aromatic heterocycles. The van der Waals surface area contributed by atoms with Crippen LogP contribution in [0.5, 0.6) is 0 Å². The fourth-order valence-corrected chi connectivity index (χ4v) is 2.56. The first-order valence-electron chi connectivity index (χ1n) is 5.68. The van der Waals surface area contributed by atoms with E-state index in [4.69, 9.17) is 5.73 Å². The first-order valence-corrected chi connectivity index (χ1v) is 6.66. The van der Waals surface area contributed by atoms with Crippen molar-refractivity contribution in [2.75, 3.05) is 5.75 Å². The zero-order valence-electron chi connectivity index (χ0n) is 9.92. The Morgan fingerprint density at radius 3 is 2.67 bits per heavy atom. The standard InChI is InChI=1S/C13H21NS/c1-4-6-12(14)11-9-10(3)7-8-13(11)15-5-2/h7-9,12H,4-6,14H2,1-3H3. The zero-order valence-corrected chi connectivity index (χ0v) is 10.7. The molecule has 1 nitrogen and oxygen atoms in total. The molecule has 0 aliphatic heterocycles. The smallest absolute Gasteiger partial charge is 0.0305 e. The van der Waals surface area contributed by atoms with Crippen LogP contribution < -0.4 is 5.73 Å². The Bertz CT molecular complexity index is 309. The largest absolute Gasteiger partial charge is 0.324 e. The Morgan fingerprint density at radius 2 is 2.07 bits per heavy atom. The SMILES string of the molecule is CCCC(N)c1cc(C)ccc1SCC. The van der Waals surface area contributed by atoms with Crippen LogP contribution in [-0.2, 0) is 0 Å². The molecule has 0 saturated carbocycles. The van der Waals surface area contributed by atoms with Crippen molar-refractivity contribution in [3.05, 3.63) is 29.3 Å². The second kappa shape index (κ2) is 6.19. The molecular formula is C13H21NS. The lowest BCUT2D eigenvalue weighted by Gasteiger charge is -2.16. The van der Waals surface area contributed by atoms with Crippen molar-refractivity contribution in [1.82, 2.24) is 0 Å². The van der Waals surface area contributed by atoms with Crippen LogP contribution in [0.2, 0.25) is 0 Å². The topological polar surface area (TPSA) is 26.0 Å². The lowest BCUT2D eigenvalue weighted by molar-refractivity contribution is 0.628. The highest BCUT2D eigenvalue weighted by Crippen LogP contribution is 2.29. The van der Waals surface area contributed by atoms with Gasteiger partial charge in [0.1, 0.15) is 0 Å². The van der Waals surface area contributed by atoms with E-state index in [-0.39, 0.29) is 6.04 Å². The number of thioether (sulfide) groups is 1. The Balaban J connectivity index is 2.95. The molecule has 0 aliphatic carbocycles. The molecular weight excluding hydrogens is 202 g/mol. The third-order valence-corrected chi connectivity index (χ3v) is 3.44. The summed E-state index contributed by atoms with van der Waals surface area (Å²) < 4.78 is 0. The molecule has 1 atom stereocenters. The summed E-state index contributed by atoms with van der Waals surface area (Å²) in [6, 6.07) is 6.80. The maximum Gasteiger partial charge on any atom is 0.0305 e. The Hall–Kier alpha value is -0.470. The molecule has 0 spiro atoms. The van der Waals surface area contributed by atoms with Crippen molar-refractivity contribution in [2.45, 2.75) is 44.6 Å². The van der Waals surface area contributed by atoms with Crippen LogP contribution in [0, 0.1) is 6.92 Å². The van der Waals surface area contributed by atoms with Crippen molar-refractivity contribution in [1.29, 1.82) is 0 Å². The van der Waals surface area contributed by atoms with Gasteiger partial charge in [0.25, 0.3) is 0 Å². The number of aryl methyl sites for hydroxylation is 1. The summed E-state index contributed by atoms with van der Waals surface area (Å²) in [7, 11) is 0. The summed E-state index contributed by atoms with van der Waals surface area (Å²) in [5.41, 5.74) is 8.82. The Morgan fingerprint density at radius 1 is 1.33 bits per heavy atom. The molecule has 0 heterocycles. The van der Waals surface area contributed by atoms with Gasteiger partial charge in [0, 0.05) is 10.9 Å². The maximum absolute atomic E-state index is 6.19. The molecule has 84 valence electrons. The summed E-state index contributed by atoms with van der Waals surface area (Å²) in [5.74, 6) is 1.11. The summed E-state index contributed by atoms with van der Waals surface area (Å²) in [6.45, 7) is 6.49. The molecule has 0 amide bonds. The maximum atomic E-state index is 6.19. The van der Waals surface area contributed by atoms with Crippen molar-refractivity contribution in [3.8, 4) is 0 Å². The summed E-state index contributed by atoms with van der Waals surface area (Å²) in [6.07, 6.45) is 2.21. The van der Waals surface area contributed by atoms with E-state index in [0.717, 1.165) is 18.6 Å². The van der Waals surface area contributed by atoms with Crippen molar-refractivity contribution < 1.29 is 0 Å². The van der Waals surface area contributed by atoms with Gasteiger partial charge >= 0.3 is 0 Å². The number of rotatable bonds is 5. The Kier molecular flexibility index (Phi) is 5.20. The molecule has 1 unspecified atom stereocenters. The molecule has 1 aromatic rings. The van der Waals surface area contributed by atoms with E-state index in [1.807, 2.05) is 11.8 Å². The second-order valence-corrected chi connectivity index (χ2v) is 5.18. The van der Waals surface area contributed by atoms with Crippen LogP contribution in [0.15, 0.2) is 23.1 Å². The fourth-order valence-electron chi connectivity index (χ4n) is 1.71. The van der Waals surface area contributed by atoms with Gasteiger partial charge in [-0.1, -0.05) is 38.0 Å². The molecule has 0 bridgehead atoms. The van der Waals surface area contributed by atoms with Crippen LogP contribution in [0.3, 0.4) is 0 Å². The molecule has 0 saturated heterocycles. The van der Waals surface area contributed by atoms with E-state index in [1.54, 1.807) is 0 Å². The van der Waals surface area contributed by atoms with Crippen LogP contribution >= 0.6 is 11.8 Å². The lowest BCUT2D eigenvalue weighted by atomic mass is 10.0. The predicted molar refractivity (Wildman–Crippen MR) is 69.4 cm³/mol. The van der Waals surface area contributed by atoms with E-state index in [1.165, 1.54) is 16.0 Å². The molecule has 0 radical (unpaired) electrons. The summed E-state index contributed by atoms with van der Waals surface area (Å²) in [5, 5.41) is 0. The molecule has 2 heteroatoms. The van der Waals surface area contributed by atoms with Gasteiger partial charge in [-0.2, -0.15) is 0 Å². The highest BCUT2D eigenvalue weighted by molar-refractivity contribution is 7.99. The molecule has 1 aromatic carbocycles. The molecule has 15 heavy (non-hydrogen) atoms. The van der Waals surface area contributed by atoms with Crippen LogP contribution in [-0.4, -0.2) is 5.75 Å². The van der Waals surface area contributed by atoms with Gasteiger partial charge in [0.05, 0.1) is 0 Å². The van der Waals surface area contributed by atoms with E-state index >= 15 is 0 Å². The van der Waals surface area contributed by atoms with Gasteiger partial charge in [-0.3, -0.25) is 0 Å². The van der Waals surface area contributed by atoms with Gasteiger partial charge in [0.2, 0.25) is 0 Å². The van der Waals surface area contributed by atoms with E-state index < -0.39 is 0 Å². The summed E-state index contributed by atoms with van der Waals surface area (Å²) in [4.78, 5) is 1.35. The molecule has 0 fully saturated rings. The van der Waals surface area contributed by atoms with Crippen LogP contribution in [0.1, 0.15) is 43.9 Å². The minimum absolute atomic E-state index is 0.198. The quantitative estimate of drug-likeness (QED) is 0.766. The highest BCUT2D eigenvalue weighted by atomic mass is 32.2. The van der Waals surface area contributed by atoms with E-state index in [9.17, 15) is 0 Å². The second-order valence-electron chi connectivity index (χ2n) is 3.87. The normalized spacial score (nSPS) is 12.8. The number of hydrogen-bond acceptors (Lipinski definition) is 2. The van der Waals surface area contributed by atoms with Gasteiger partial charge in [-0.15, -0.1) is 11.8 Å². The summed E-state index contributed by atoms with van der Waals surface area (Å²) >= 11 is 1.88. The number of nitrogens with two attached hydrogens (primary N) is 1. The van der Waals surface area contributed by atoms with Gasteiger partial charge in [-0.05, 0) is 30.7 Å². The first kappa shape index (κ1) is 12.6. The molecule has 0 aliphatic rings. The van der Waals surface area contributed by atoms with Crippen LogP contribution in [0.25, 0.3) is 0 Å². The Labute approximate surface area is 97.4 Å². The highest BCUT2D eigenvalue weighted by Gasteiger charge is 2.10. The third-order valence-electron chi connectivity index (χ3n) is 2.46. The minimum Gasteiger partial charge on any atom is -0.324 e. The predicted octanol–water partition coefficient (Wildman–Crippen LogP) is 3.91. The average molecular weight is 223 g/mol. The molecule has 2 N–H and O–H groups in total. The fraction of sp³-hybridized carbons (Fsp3) is 0.538. The molecule has 1 rings (SSSR count). The first-order chi connectivity index (χ1) is 7.19. The zero-order chi connectivity index (χ0) is 11.3. The minimum atomic E-state index is 0.198. The third kappa shape index (κ3) is 3.54. The average Bonchev–Trinajstić information content (AvgIpc) is 2.21. The van der Waals surface area contributed by atoms with Gasteiger partial charge < -0.3 is 5.73 Å². The van der Waals surface area contributed by atoms with Crippen molar-refractivity contribution in [3.63, 3.8) is 0 Å². The van der Waals surface area contributed by atoms with Crippen LogP contribution in [0.4, 0.5) is 0 Å². The van der Waals surface area contributed by atoms with E-state index in [2.05, 4.69) is 39.0 Å². The van der Waals surface area contributed by atoms with E-state index in [0.29, 0.717) is 0 Å². The lowest BCUT2D eigenvalue weighted by Crippen LogP contribution is -2.11. The van der Waals surface area contributed by atoms with Crippen molar-refractivity contribution >= 4 is 11.8 Å².